The summed E-state index contributed by atoms with van der Waals surface area (Å²) in [6, 6.07) is 0.317. The third-order valence-electron chi connectivity index (χ3n) is 3.14. The average molecular weight is 272 g/mol. The fraction of sp³-hybridized carbons (Fsp3) is 0.667. The molecule has 18 heavy (non-hydrogen) atoms. The number of nitrogens with zero attached hydrogens (tertiary/aromatic N) is 2. The van der Waals surface area contributed by atoms with Crippen molar-refractivity contribution in [3.8, 4) is 0 Å². The van der Waals surface area contributed by atoms with E-state index < -0.39 is 0 Å². The van der Waals surface area contributed by atoms with E-state index in [1.54, 1.807) is 6.20 Å². The second-order valence-corrected chi connectivity index (χ2v) is 4.76. The Balaban J connectivity index is 1.99. The fourth-order valence-electron chi connectivity index (χ4n) is 2.07. The maximum absolute atomic E-state index is 11.8. The number of halogens is 1. The molecule has 6 heteroatoms. The monoisotopic (exact) mass is 271 g/mol. The molecule has 0 atom stereocenters. The molecule has 5 nitrogen and oxygen atoms in total. The second kappa shape index (κ2) is 5.71. The number of aryl methyl sites for hydroxylation is 1. The van der Waals surface area contributed by atoms with Crippen molar-refractivity contribution >= 4 is 17.3 Å². The molecule has 0 spiro atoms. The Labute approximate surface area is 111 Å². The molecule has 0 radical (unpaired) electrons. The van der Waals surface area contributed by atoms with Crippen LogP contribution in [-0.4, -0.2) is 28.5 Å². The van der Waals surface area contributed by atoms with Crippen molar-refractivity contribution in [1.82, 2.24) is 9.78 Å². The Bertz CT molecular complexity index is 469. The van der Waals surface area contributed by atoms with Crippen LogP contribution in [0.4, 0.5) is 5.69 Å². The molecule has 0 amide bonds. The lowest BCUT2D eigenvalue weighted by Gasteiger charge is -2.36. The number of aromatic nitrogens is 2. The van der Waals surface area contributed by atoms with Gasteiger partial charge in [-0.25, -0.2) is 4.68 Å². The molecule has 1 N–H and O–H groups in total. The van der Waals surface area contributed by atoms with Gasteiger partial charge in [0.1, 0.15) is 5.02 Å². The standard InChI is InChI=1S/C12H18ClN3O2/c1-3-16-12(17)11(13)10(7-14-16)15-8-5-9(6-8)18-4-2/h7-9,15H,3-6H2,1-2H3. The molecule has 1 aliphatic carbocycles. The maximum Gasteiger partial charge on any atom is 0.287 e. The van der Waals surface area contributed by atoms with Crippen molar-refractivity contribution in [2.75, 3.05) is 11.9 Å². The minimum atomic E-state index is -0.246. The highest BCUT2D eigenvalue weighted by Gasteiger charge is 2.30. The van der Waals surface area contributed by atoms with Gasteiger partial charge in [-0.3, -0.25) is 4.79 Å². The summed E-state index contributed by atoms with van der Waals surface area (Å²) in [5.41, 5.74) is 0.371. The van der Waals surface area contributed by atoms with Crippen LogP contribution in [0.25, 0.3) is 0 Å². The Morgan fingerprint density at radius 2 is 2.28 bits per heavy atom. The van der Waals surface area contributed by atoms with E-state index in [1.165, 1.54) is 4.68 Å². The summed E-state index contributed by atoms with van der Waals surface area (Å²) in [7, 11) is 0. The molecule has 0 bridgehead atoms. The minimum absolute atomic E-state index is 0.215. The number of rotatable bonds is 5. The quantitative estimate of drug-likeness (QED) is 0.889. The number of hydrogen-bond acceptors (Lipinski definition) is 4. The third-order valence-corrected chi connectivity index (χ3v) is 3.51. The minimum Gasteiger partial charge on any atom is -0.379 e. The number of hydrogen-bond donors (Lipinski definition) is 1. The van der Waals surface area contributed by atoms with Crippen molar-refractivity contribution < 1.29 is 4.74 Å². The van der Waals surface area contributed by atoms with Gasteiger partial charge in [-0.05, 0) is 26.7 Å². The van der Waals surface area contributed by atoms with E-state index in [9.17, 15) is 4.79 Å². The maximum atomic E-state index is 11.8. The van der Waals surface area contributed by atoms with Gasteiger partial charge in [-0.1, -0.05) is 11.6 Å². The topological polar surface area (TPSA) is 56.1 Å². The van der Waals surface area contributed by atoms with E-state index in [-0.39, 0.29) is 10.6 Å². The molecular formula is C12H18ClN3O2. The molecule has 1 aliphatic rings. The Hall–Kier alpha value is -1.07. The van der Waals surface area contributed by atoms with Crippen molar-refractivity contribution in [3.63, 3.8) is 0 Å². The van der Waals surface area contributed by atoms with E-state index in [1.807, 2.05) is 13.8 Å². The van der Waals surface area contributed by atoms with Gasteiger partial charge in [0, 0.05) is 19.2 Å². The fourth-order valence-corrected chi connectivity index (χ4v) is 2.27. The summed E-state index contributed by atoms with van der Waals surface area (Å²) in [5, 5.41) is 7.50. The van der Waals surface area contributed by atoms with Crippen molar-refractivity contribution in [1.29, 1.82) is 0 Å². The van der Waals surface area contributed by atoms with Gasteiger partial charge in [0.05, 0.1) is 18.0 Å². The van der Waals surface area contributed by atoms with Crippen molar-refractivity contribution in [2.45, 2.75) is 45.4 Å². The molecule has 0 saturated heterocycles. The van der Waals surface area contributed by atoms with E-state index >= 15 is 0 Å². The molecule has 1 saturated carbocycles. The number of anilines is 1. The van der Waals surface area contributed by atoms with Gasteiger partial charge in [0.15, 0.2) is 0 Å². The van der Waals surface area contributed by atoms with Gasteiger partial charge in [-0.2, -0.15) is 5.10 Å². The van der Waals surface area contributed by atoms with E-state index in [0.29, 0.717) is 24.4 Å². The average Bonchev–Trinajstić information content (AvgIpc) is 2.32. The highest BCUT2D eigenvalue weighted by Crippen LogP contribution is 2.28. The van der Waals surface area contributed by atoms with Crippen LogP contribution >= 0.6 is 11.6 Å². The zero-order valence-corrected chi connectivity index (χ0v) is 11.4. The molecule has 1 fully saturated rings. The molecule has 0 aliphatic heterocycles. The summed E-state index contributed by atoms with van der Waals surface area (Å²) >= 11 is 6.03. The molecule has 1 aromatic rings. The zero-order chi connectivity index (χ0) is 13.1. The van der Waals surface area contributed by atoms with Crippen LogP contribution in [-0.2, 0) is 11.3 Å². The van der Waals surface area contributed by atoms with Crippen LogP contribution in [0, 0.1) is 0 Å². The lowest BCUT2D eigenvalue weighted by atomic mass is 9.89. The molecule has 1 heterocycles. The highest BCUT2D eigenvalue weighted by molar-refractivity contribution is 6.32. The van der Waals surface area contributed by atoms with Crippen LogP contribution in [0.5, 0.6) is 0 Å². The molecule has 0 aromatic carbocycles. The van der Waals surface area contributed by atoms with E-state index in [0.717, 1.165) is 19.4 Å². The second-order valence-electron chi connectivity index (χ2n) is 4.38. The Kier molecular flexibility index (Phi) is 4.24. The van der Waals surface area contributed by atoms with Gasteiger partial charge in [0.2, 0.25) is 0 Å². The van der Waals surface area contributed by atoms with Crippen molar-refractivity contribution in [2.24, 2.45) is 0 Å². The first-order valence-electron chi connectivity index (χ1n) is 6.29. The van der Waals surface area contributed by atoms with Crippen LogP contribution in [0.3, 0.4) is 0 Å². The van der Waals surface area contributed by atoms with Crippen molar-refractivity contribution in [3.05, 3.63) is 21.6 Å². The Morgan fingerprint density at radius 1 is 1.56 bits per heavy atom. The predicted octanol–water partition coefficient (Wildman–Crippen LogP) is 1.90. The summed E-state index contributed by atoms with van der Waals surface area (Å²) < 4.78 is 6.83. The summed E-state index contributed by atoms with van der Waals surface area (Å²) in [6.07, 6.45) is 3.83. The van der Waals surface area contributed by atoms with Gasteiger partial charge in [0.25, 0.3) is 5.56 Å². The SMILES string of the molecule is CCOC1CC(Nc2cnn(CC)c(=O)c2Cl)C1. The molecule has 0 unspecified atom stereocenters. The summed E-state index contributed by atoms with van der Waals surface area (Å²) in [4.78, 5) is 11.8. The predicted molar refractivity (Wildman–Crippen MR) is 71.2 cm³/mol. The first kappa shape index (κ1) is 13.4. The van der Waals surface area contributed by atoms with E-state index in [2.05, 4.69) is 10.4 Å². The molecule has 2 rings (SSSR count). The van der Waals surface area contributed by atoms with Crippen LogP contribution in [0.2, 0.25) is 5.02 Å². The molecular weight excluding hydrogens is 254 g/mol. The number of nitrogens with one attached hydrogen (secondary N) is 1. The largest absolute Gasteiger partial charge is 0.379 e. The Morgan fingerprint density at radius 3 is 2.89 bits per heavy atom. The number of ether oxygens (including phenoxy) is 1. The highest BCUT2D eigenvalue weighted by atomic mass is 35.5. The molecule has 100 valence electrons. The van der Waals surface area contributed by atoms with E-state index in [4.69, 9.17) is 16.3 Å². The van der Waals surface area contributed by atoms with Crippen LogP contribution in [0.15, 0.2) is 11.0 Å². The van der Waals surface area contributed by atoms with Gasteiger partial charge < -0.3 is 10.1 Å². The van der Waals surface area contributed by atoms with Gasteiger partial charge in [-0.15, -0.1) is 0 Å². The first-order valence-corrected chi connectivity index (χ1v) is 6.67. The lowest BCUT2D eigenvalue weighted by Crippen LogP contribution is -2.41. The lowest BCUT2D eigenvalue weighted by molar-refractivity contribution is 0.00298. The van der Waals surface area contributed by atoms with Crippen LogP contribution < -0.4 is 10.9 Å². The molecule has 1 aromatic heterocycles. The smallest absolute Gasteiger partial charge is 0.287 e. The zero-order valence-electron chi connectivity index (χ0n) is 10.6. The first-order chi connectivity index (χ1) is 8.65. The normalized spacial score (nSPS) is 22.6. The van der Waals surface area contributed by atoms with Crippen LogP contribution in [0.1, 0.15) is 26.7 Å². The van der Waals surface area contributed by atoms with Gasteiger partial charge >= 0.3 is 0 Å². The summed E-state index contributed by atoms with van der Waals surface area (Å²) in [6.45, 7) is 5.11. The third kappa shape index (κ3) is 2.67. The summed E-state index contributed by atoms with van der Waals surface area (Å²) in [5.74, 6) is 0.